The van der Waals surface area contributed by atoms with Gasteiger partial charge in [-0.15, -0.1) is 0 Å². The predicted octanol–water partition coefficient (Wildman–Crippen LogP) is 6.34. The van der Waals surface area contributed by atoms with Crippen LogP contribution in [0.15, 0.2) is 65.6 Å². The van der Waals surface area contributed by atoms with Gasteiger partial charge in [0.2, 0.25) is 0 Å². The molecule has 1 heterocycles. The molecule has 3 aromatic rings. The van der Waals surface area contributed by atoms with E-state index >= 15 is 0 Å². The van der Waals surface area contributed by atoms with Crippen LogP contribution in [0.1, 0.15) is 16.7 Å². The number of anilines is 1. The third-order valence-corrected chi connectivity index (χ3v) is 6.55. The molecule has 3 aromatic carbocycles. The SMILES string of the molecule is COc1cc(/C=C2\SC(=S)N(c3ccc(F)c(Cl)c3)C2=O)ccc1OCc1ccccc1C#N. The Bertz CT molecular complexity index is 1370. The van der Waals surface area contributed by atoms with Gasteiger partial charge < -0.3 is 9.47 Å². The molecular formula is C25H16ClFN2O3S2. The third-order valence-electron chi connectivity index (χ3n) is 4.96. The molecular weight excluding hydrogens is 495 g/mol. The molecule has 0 saturated carbocycles. The van der Waals surface area contributed by atoms with Crippen molar-refractivity contribution in [2.75, 3.05) is 12.0 Å². The molecule has 1 saturated heterocycles. The molecule has 4 rings (SSSR count). The second-order valence-electron chi connectivity index (χ2n) is 7.08. The van der Waals surface area contributed by atoms with Crippen molar-refractivity contribution in [3.63, 3.8) is 0 Å². The third kappa shape index (κ3) is 4.92. The average Bonchev–Trinajstić information content (AvgIpc) is 3.12. The van der Waals surface area contributed by atoms with Gasteiger partial charge in [0.05, 0.1) is 34.4 Å². The maximum Gasteiger partial charge on any atom is 0.270 e. The molecule has 0 atom stereocenters. The molecule has 0 spiro atoms. The van der Waals surface area contributed by atoms with Crippen LogP contribution in [0.2, 0.25) is 5.02 Å². The van der Waals surface area contributed by atoms with Gasteiger partial charge in [0.15, 0.2) is 15.8 Å². The first-order valence-electron chi connectivity index (χ1n) is 9.93. The van der Waals surface area contributed by atoms with Gasteiger partial charge in [-0.2, -0.15) is 5.26 Å². The number of hydrogen-bond acceptors (Lipinski definition) is 6. The lowest BCUT2D eigenvalue weighted by atomic mass is 10.1. The summed E-state index contributed by atoms with van der Waals surface area (Å²) in [6, 6.07) is 18.6. The molecule has 0 aromatic heterocycles. The van der Waals surface area contributed by atoms with E-state index in [0.717, 1.165) is 17.3 Å². The van der Waals surface area contributed by atoms with E-state index in [4.69, 9.17) is 33.3 Å². The van der Waals surface area contributed by atoms with Crippen LogP contribution in [0, 0.1) is 17.1 Å². The molecule has 0 aliphatic carbocycles. The largest absolute Gasteiger partial charge is 0.493 e. The molecule has 1 aliphatic rings. The van der Waals surface area contributed by atoms with Crippen LogP contribution < -0.4 is 14.4 Å². The number of carbonyl (C=O) groups is 1. The molecule has 1 aliphatic heterocycles. The van der Waals surface area contributed by atoms with Gasteiger partial charge in [-0.25, -0.2) is 4.39 Å². The minimum atomic E-state index is -0.572. The molecule has 0 N–H and O–H groups in total. The Morgan fingerprint density at radius 3 is 2.71 bits per heavy atom. The summed E-state index contributed by atoms with van der Waals surface area (Å²) >= 11 is 12.4. The van der Waals surface area contributed by atoms with Crippen LogP contribution in [0.3, 0.4) is 0 Å². The Hall–Kier alpha value is -3.38. The van der Waals surface area contributed by atoms with Crippen molar-refractivity contribution in [3.8, 4) is 17.6 Å². The summed E-state index contributed by atoms with van der Waals surface area (Å²) in [7, 11) is 1.52. The molecule has 9 heteroatoms. The van der Waals surface area contributed by atoms with Gasteiger partial charge in [0, 0.05) is 5.56 Å². The maximum absolute atomic E-state index is 13.5. The number of halogens is 2. The summed E-state index contributed by atoms with van der Waals surface area (Å²) in [5.41, 5.74) is 2.42. The van der Waals surface area contributed by atoms with Gasteiger partial charge in [-0.05, 0) is 48.0 Å². The molecule has 0 bridgehead atoms. The minimum Gasteiger partial charge on any atom is -0.493 e. The Balaban J connectivity index is 1.55. The molecule has 5 nitrogen and oxygen atoms in total. The number of benzene rings is 3. The maximum atomic E-state index is 13.5. The van der Waals surface area contributed by atoms with E-state index in [1.54, 1.807) is 36.4 Å². The summed E-state index contributed by atoms with van der Waals surface area (Å²) in [4.78, 5) is 14.7. The quantitative estimate of drug-likeness (QED) is 0.284. The fourth-order valence-corrected chi connectivity index (χ4v) is 4.74. The first-order chi connectivity index (χ1) is 16.4. The van der Waals surface area contributed by atoms with Crippen LogP contribution in [-0.4, -0.2) is 17.3 Å². The molecule has 0 radical (unpaired) electrons. The molecule has 0 unspecified atom stereocenters. The topological polar surface area (TPSA) is 62.6 Å². The Kier molecular flexibility index (Phi) is 7.17. The smallest absolute Gasteiger partial charge is 0.270 e. The van der Waals surface area contributed by atoms with Crippen LogP contribution in [0.5, 0.6) is 11.5 Å². The van der Waals surface area contributed by atoms with E-state index in [1.807, 2.05) is 12.1 Å². The summed E-state index contributed by atoms with van der Waals surface area (Å²) in [5.74, 6) is 0.0758. The van der Waals surface area contributed by atoms with Crippen LogP contribution in [0.4, 0.5) is 10.1 Å². The number of methoxy groups -OCH3 is 1. The first kappa shape index (κ1) is 23.8. The average molecular weight is 511 g/mol. The Morgan fingerprint density at radius 1 is 1.18 bits per heavy atom. The highest BCUT2D eigenvalue weighted by molar-refractivity contribution is 8.27. The van der Waals surface area contributed by atoms with Crippen LogP contribution in [0.25, 0.3) is 6.08 Å². The van der Waals surface area contributed by atoms with Crippen LogP contribution in [-0.2, 0) is 11.4 Å². The lowest BCUT2D eigenvalue weighted by molar-refractivity contribution is -0.113. The van der Waals surface area contributed by atoms with Gasteiger partial charge in [0.25, 0.3) is 5.91 Å². The predicted molar refractivity (Wildman–Crippen MR) is 136 cm³/mol. The van der Waals surface area contributed by atoms with Gasteiger partial charge in [0.1, 0.15) is 12.4 Å². The van der Waals surface area contributed by atoms with E-state index < -0.39 is 5.82 Å². The number of thioether (sulfide) groups is 1. The molecule has 170 valence electrons. The highest BCUT2D eigenvalue weighted by Gasteiger charge is 2.33. The molecule has 1 fully saturated rings. The lowest BCUT2D eigenvalue weighted by Gasteiger charge is -2.14. The number of nitrogens with zero attached hydrogens (tertiary/aromatic N) is 2. The monoisotopic (exact) mass is 510 g/mol. The summed E-state index contributed by atoms with van der Waals surface area (Å²) in [5, 5.41) is 9.15. The van der Waals surface area contributed by atoms with Crippen molar-refractivity contribution in [2.45, 2.75) is 6.61 Å². The van der Waals surface area contributed by atoms with Crippen molar-refractivity contribution in [3.05, 3.63) is 93.1 Å². The van der Waals surface area contributed by atoms with Gasteiger partial charge in [-0.1, -0.05) is 59.8 Å². The standard InChI is InChI=1S/C25H16ClFN2O3S2/c1-31-22-10-15(6-9-21(22)32-14-17-5-3-2-4-16(17)13-28)11-23-24(30)29(25(33)34-23)18-7-8-20(27)19(26)12-18/h2-12H,14H2,1H3/b23-11-. The number of ether oxygens (including phenoxy) is 2. The molecule has 34 heavy (non-hydrogen) atoms. The van der Waals surface area contributed by atoms with E-state index in [1.165, 1.54) is 30.2 Å². The van der Waals surface area contributed by atoms with E-state index in [-0.39, 0.29) is 17.5 Å². The number of nitriles is 1. The summed E-state index contributed by atoms with van der Waals surface area (Å²) in [6.45, 7) is 0.207. The van der Waals surface area contributed by atoms with Gasteiger partial charge >= 0.3 is 0 Å². The molecule has 1 amide bonds. The van der Waals surface area contributed by atoms with Crippen LogP contribution >= 0.6 is 35.6 Å². The zero-order valence-corrected chi connectivity index (χ0v) is 20.1. The van der Waals surface area contributed by atoms with E-state index in [0.29, 0.717) is 37.5 Å². The number of thiocarbonyl (C=S) groups is 1. The highest BCUT2D eigenvalue weighted by Crippen LogP contribution is 2.38. The minimum absolute atomic E-state index is 0.0896. The summed E-state index contributed by atoms with van der Waals surface area (Å²) < 4.78 is 25.2. The Morgan fingerprint density at radius 2 is 1.97 bits per heavy atom. The zero-order valence-electron chi connectivity index (χ0n) is 17.7. The number of carbonyl (C=O) groups excluding carboxylic acids is 1. The van der Waals surface area contributed by atoms with Crippen molar-refractivity contribution in [1.29, 1.82) is 5.26 Å². The number of rotatable bonds is 6. The number of hydrogen-bond donors (Lipinski definition) is 0. The van der Waals surface area contributed by atoms with Crippen molar-refractivity contribution in [2.24, 2.45) is 0 Å². The second kappa shape index (κ2) is 10.3. The zero-order chi connectivity index (χ0) is 24.2. The van der Waals surface area contributed by atoms with Crippen molar-refractivity contribution < 1.29 is 18.7 Å². The van der Waals surface area contributed by atoms with E-state index in [9.17, 15) is 14.4 Å². The summed E-state index contributed by atoms with van der Waals surface area (Å²) in [6.07, 6.45) is 1.70. The Labute approximate surface area is 210 Å². The normalized spacial score (nSPS) is 14.4. The van der Waals surface area contributed by atoms with Crippen molar-refractivity contribution >= 4 is 57.6 Å². The fraction of sp³-hybridized carbons (Fsp3) is 0.0800. The van der Waals surface area contributed by atoms with Crippen molar-refractivity contribution in [1.82, 2.24) is 0 Å². The highest BCUT2D eigenvalue weighted by atomic mass is 35.5. The second-order valence-corrected chi connectivity index (χ2v) is 9.17. The lowest BCUT2D eigenvalue weighted by Crippen LogP contribution is -2.27. The number of amides is 1. The fourth-order valence-electron chi connectivity index (χ4n) is 3.27. The first-order valence-corrected chi connectivity index (χ1v) is 11.5. The van der Waals surface area contributed by atoms with Gasteiger partial charge in [-0.3, -0.25) is 9.69 Å². The van der Waals surface area contributed by atoms with E-state index in [2.05, 4.69) is 6.07 Å².